The second-order valence-corrected chi connectivity index (χ2v) is 6.91. The minimum atomic E-state index is -1.27. The van der Waals surface area contributed by atoms with Crippen molar-refractivity contribution in [3.8, 4) is 0 Å². The molecule has 3 saturated carbocycles. The average Bonchev–Trinajstić information content (AvgIpc) is 3.14. The lowest BCUT2D eigenvalue weighted by atomic mass is 9.60. The van der Waals surface area contributed by atoms with E-state index in [4.69, 9.17) is 9.47 Å². The maximum Gasteiger partial charge on any atom is 0.336 e. The van der Waals surface area contributed by atoms with Crippen LogP contribution in [0.15, 0.2) is 23.3 Å². The fourth-order valence-electron chi connectivity index (χ4n) is 5.02. The number of allylic oxidation sites excluding steroid dienone is 1. The van der Waals surface area contributed by atoms with Crippen LogP contribution >= 0.6 is 0 Å². The van der Waals surface area contributed by atoms with Gasteiger partial charge in [-0.2, -0.15) is 0 Å². The van der Waals surface area contributed by atoms with Crippen molar-refractivity contribution in [3.63, 3.8) is 0 Å². The van der Waals surface area contributed by atoms with Gasteiger partial charge in [-0.05, 0) is 37.5 Å². The van der Waals surface area contributed by atoms with Crippen molar-refractivity contribution in [2.24, 2.45) is 23.2 Å². The highest BCUT2D eigenvalue weighted by atomic mass is 16.7. The molecule has 1 heterocycles. The number of hydrogen-bond acceptors (Lipinski definition) is 4. The first-order chi connectivity index (χ1) is 9.37. The van der Waals surface area contributed by atoms with Crippen molar-refractivity contribution in [1.29, 1.82) is 0 Å². The van der Waals surface area contributed by atoms with Crippen LogP contribution in [0.2, 0.25) is 0 Å². The predicted molar refractivity (Wildman–Crippen MR) is 71.5 cm³/mol. The van der Waals surface area contributed by atoms with Crippen LogP contribution in [0.4, 0.5) is 0 Å². The monoisotopic (exact) mass is 276 g/mol. The number of hydrogen-bond donors (Lipinski definition) is 1. The van der Waals surface area contributed by atoms with Crippen LogP contribution in [0.5, 0.6) is 0 Å². The molecule has 4 rings (SSSR count). The number of ether oxygens (including phenoxy) is 2. The molecule has 1 aliphatic heterocycles. The first-order valence-corrected chi connectivity index (χ1v) is 7.23. The highest BCUT2D eigenvalue weighted by Crippen LogP contribution is 2.73. The Labute approximate surface area is 118 Å². The fourth-order valence-corrected chi connectivity index (χ4v) is 5.02. The summed E-state index contributed by atoms with van der Waals surface area (Å²) in [5.41, 5.74) is 2.33. The molecular weight excluding hydrogens is 256 g/mol. The summed E-state index contributed by atoms with van der Waals surface area (Å²) in [6.45, 7) is 8.11. The molecule has 0 aromatic rings. The van der Waals surface area contributed by atoms with Crippen molar-refractivity contribution in [3.05, 3.63) is 23.3 Å². The van der Waals surface area contributed by atoms with Gasteiger partial charge in [-0.25, -0.2) is 4.79 Å². The Morgan fingerprint density at radius 3 is 2.85 bits per heavy atom. The van der Waals surface area contributed by atoms with Crippen molar-refractivity contribution in [2.75, 3.05) is 7.11 Å². The Hall–Kier alpha value is -1.13. The van der Waals surface area contributed by atoms with E-state index < -0.39 is 11.9 Å². The van der Waals surface area contributed by atoms with Crippen LogP contribution in [0.1, 0.15) is 26.7 Å². The van der Waals surface area contributed by atoms with E-state index in [1.165, 1.54) is 12.7 Å². The van der Waals surface area contributed by atoms with Gasteiger partial charge in [0.2, 0.25) is 0 Å². The maximum atomic E-state index is 12.0. The van der Waals surface area contributed by atoms with Gasteiger partial charge in [-0.1, -0.05) is 19.1 Å². The number of carbonyl (C=O) groups is 1. The van der Waals surface area contributed by atoms with Crippen molar-refractivity contribution >= 4 is 5.97 Å². The SMILES string of the molecule is C=C1C2CC2C2(C)C1CC1=C(C)C(=O)OC1(OC)C2O. The molecule has 0 saturated heterocycles. The lowest BCUT2D eigenvalue weighted by molar-refractivity contribution is -0.268. The first-order valence-electron chi connectivity index (χ1n) is 7.23. The Morgan fingerprint density at radius 1 is 1.50 bits per heavy atom. The number of rotatable bonds is 1. The molecule has 0 aromatic heterocycles. The molecule has 4 aliphatic rings. The maximum absolute atomic E-state index is 12.0. The number of aliphatic hydroxyl groups is 1. The Morgan fingerprint density at radius 2 is 2.20 bits per heavy atom. The van der Waals surface area contributed by atoms with Gasteiger partial charge in [0.15, 0.2) is 0 Å². The molecule has 20 heavy (non-hydrogen) atoms. The van der Waals surface area contributed by atoms with E-state index >= 15 is 0 Å². The summed E-state index contributed by atoms with van der Waals surface area (Å²) in [7, 11) is 1.51. The summed E-state index contributed by atoms with van der Waals surface area (Å²) in [5.74, 6) is -0.442. The van der Waals surface area contributed by atoms with E-state index in [9.17, 15) is 9.90 Å². The van der Waals surface area contributed by atoms with Crippen LogP contribution < -0.4 is 0 Å². The number of fused-ring (bicyclic) bond motifs is 4. The van der Waals surface area contributed by atoms with E-state index in [0.29, 0.717) is 23.8 Å². The quantitative estimate of drug-likeness (QED) is 0.586. The summed E-state index contributed by atoms with van der Waals surface area (Å²) in [6, 6.07) is 0. The van der Waals surface area contributed by atoms with Crippen molar-refractivity contribution < 1.29 is 19.4 Å². The van der Waals surface area contributed by atoms with E-state index in [0.717, 1.165) is 12.0 Å². The number of esters is 1. The lowest BCUT2D eigenvalue weighted by Crippen LogP contribution is -2.60. The smallest absolute Gasteiger partial charge is 0.336 e. The molecule has 1 N–H and O–H groups in total. The molecule has 6 atom stereocenters. The van der Waals surface area contributed by atoms with Gasteiger partial charge < -0.3 is 14.6 Å². The van der Waals surface area contributed by atoms with Gasteiger partial charge in [-0.3, -0.25) is 0 Å². The molecule has 3 fully saturated rings. The first kappa shape index (κ1) is 12.6. The molecule has 6 unspecified atom stereocenters. The summed E-state index contributed by atoms with van der Waals surface area (Å²) in [4.78, 5) is 12.0. The minimum absolute atomic E-state index is 0.226. The van der Waals surface area contributed by atoms with E-state index in [1.54, 1.807) is 6.92 Å². The third kappa shape index (κ3) is 1.07. The van der Waals surface area contributed by atoms with Gasteiger partial charge in [0.05, 0.1) is 0 Å². The third-order valence-corrected chi connectivity index (χ3v) is 6.35. The zero-order chi connectivity index (χ0) is 14.4. The molecule has 0 aromatic carbocycles. The summed E-state index contributed by atoms with van der Waals surface area (Å²) >= 11 is 0. The highest BCUT2D eigenvalue weighted by Gasteiger charge is 2.74. The van der Waals surface area contributed by atoms with Gasteiger partial charge in [0.1, 0.15) is 6.10 Å². The minimum Gasteiger partial charge on any atom is -0.423 e. The van der Waals surface area contributed by atoms with E-state index in [2.05, 4.69) is 13.5 Å². The van der Waals surface area contributed by atoms with Crippen LogP contribution in [-0.4, -0.2) is 30.1 Å². The van der Waals surface area contributed by atoms with Gasteiger partial charge in [-0.15, -0.1) is 0 Å². The number of methoxy groups -OCH3 is 1. The summed E-state index contributed by atoms with van der Waals surface area (Å²) in [6.07, 6.45) is 0.976. The molecule has 108 valence electrons. The van der Waals surface area contributed by atoms with E-state index in [1.807, 2.05) is 0 Å². The molecule has 0 bridgehead atoms. The second-order valence-electron chi connectivity index (χ2n) is 6.91. The largest absolute Gasteiger partial charge is 0.423 e. The number of aliphatic hydroxyl groups excluding tert-OH is 1. The fraction of sp³-hybridized carbons (Fsp3) is 0.688. The zero-order valence-corrected chi connectivity index (χ0v) is 12.1. The Balaban J connectivity index is 1.89. The zero-order valence-electron chi connectivity index (χ0n) is 12.1. The van der Waals surface area contributed by atoms with Crippen LogP contribution in [-0.2, 0) is 14.3 Å². The van der Waals surface area contributed by atoms with Gasteiger partial charge in [0.25, 0.3) is 5.79 Å². The summed E-state index contributed by atoms with van der Waals surface area (Å²) in [5, 5.41) is 11.0. The van der Waals surface area contributed by atoms with Crippen LogP contribution in [0, 0.1) is 23.2 Å². The normalized spacial score (nSPS) is 52.6. The predicted octanol–water partition coefficient (Wildman–Crippen LogP) is 1.80. The lowest BCUT2D eigenvalue weighted by Gasteiger charge is -2.51. The van der Waals surface area contributed by atoms with Crippen molar-refractivity contribution in [2.45, 2.75) is 38.6 Å². The molecule has 3 aliphatic carbocycles. The van der Waals surface area contributed by atoms with Crippen LogP contribution in [0.3, 0.4) is 0 Å². The topological polar surface area (TPSA) is 55.8 Å². The highest BCUT2D eigenvalue weighted by molar-refractivity contribution is 5.92. The van der Waals surface area contributed by atoms with Crippen molar-refractivity contribution in [1.82, 2.24) is 0 Å². The molecule has 0 spiro atoms. The van der Waals surface area contributed by atoms with Gasteiger partial charge >= 0.3 is 5.97 Å². The Bertz CT molecular complexity index is 577. The molecule has 4 heteroatoms. The standard InChI is InChI=1S/C16H20O4/c1-7-9-5-12(9)15(3)10(7)6-11-8(2)13(17)20-16(11,19-4)14(15)18/h9-10,12,14,18H,1,5-6H2,2-4H3. The molecule has 4 nitrogen and oxygen atoms in total. The molecular formula is C16H20O4. The third-order valence-electron chi connectivity index (χ3n) is 6.35. The molecule has 0 radical (unpaired) electrons. The van der Waals surface area contributed by atoms with Crippen LogP contribution in [0.25, 0.3) is 0 Å². The van der Waals surface area contributed by atoms with Gasteiger partial charge in [0, 0.05) is 23.7 Å². The van der Waals surface area contributed by atoms with E-state index in [-0.39, 0.29) is 17.3 Å². The summed E-state index contributed by atoms with van der Waals surface area (Å²) < 4.78 is 11.0. The average molecular weight is 276 g/mol. The second kappa shape index (κ2) is 3.37. The molecule has 0 amide bonds. The Kier molecular flexibility index (Phi) is 2.12. The number of carbonyl (C=O) groups excluding carboxylic acids is 1.